The van der Waals surface area contributed by atoms with E-state index in [1.54, 1.807) is 0 Å². The number of nitrogens with one attached hydrogen (secondary N) is 1. The second-order valence-corrected chi connectivity index (χ2v) is 12.1. The summed E-state index contributed by atoms with van der Waals surface area (Å²) in [4.78, 5) is 28.5. The fourth-order valence-electron chi connectivity index (χ4n) is 5.59. The van der Waals surface area contributed by atoms with Crippen LogP contribution in [0.1, 0.15) is 70.9 Å². The number of hydrogen-bond acceptors (Lipinski definition) is 7. The Bertz CT molecular complexity index is 1320. The van der Waals surface area contributed by atoms with Crippen molar-refractivity contribution in [2.75, 3.05) is 45.1 Å². The van der Waals surface area contributed by atoms with Gasteiger partial charge in [-0.3, -0.25) is 14.3 Å². The van der Waals surface area contributed by atoms with Crippen LogP contribution in [0.2, 0.25) is 0 Å². The van der Waals surface area contributed by atoms with Crippen molar-refractivity contribution >= 4 is 27.8 Å². The van der Waals surface area contributed by atoms with E-state index in [2.05, 4.69) is 52.3 Å². The molecule has 1 saturated carbocycles. The zero-order valence-electron chi connectivity index (χ0n) is 23.5. The summed E-state index contributed by atoms with van der Waals surface area (Å²) in [5.74, 6) is 1.41. The summed E-state index contributed by atoms with van der Waals surface area (Å²) in [5, 5.41) is 16.4. The lowest BCUT2D eigenvalue weighted by atomic mass is 9.97. The molecule has 8 heteroatoms. The third-order valence-corrected chi connectivity index (χ3v) is 8.28. The van der Waals surface area contributed by atoms with Crippen molar-refractivity contribution in [3.8, 4) is 0 Å². The molecule has 1 unspecified atom stereocenters. The van der Waals surface area contributed by atoms with Gasteiger partial charge in [-0.05, 0) is 69.5 Å². The molecule has 2 N–H and O–H groups in total. The number of benzene rings is 1. The van der Waals surface area contributed by atoms with Crippen LogP contribution in [0.15, 0.2) is 29.2 Å². The number of piperazine rings is 1. The predicted molar refractivity (Wildman–Crippen MR) is 155 cm³/mol. The Kier molecular flexibility index (Phi) is 8.03. The van der Waals surface area contributed by atoms with Crippen LogP contribution in [0.3, 0.4) is 0 Å². The highest BCUT2D eigenvalue weighted by molar-refractivity contribution is 6.04. The van der Waals surface area contributed by atoms with Crippen molar-refractivity contribution in [1.29, 1.82) is 0 Å². The first-order valence-corrected chi connectivity index (χ1v) is 14.4. The summed E-state index contributed by atoms with van der Waals surface area (Å²) in [7, 11) is 2.17. The van der Waals surface area contributed by atoms with E-state index in [1.165, 1.54) is 12.8 Å². The maximum atomic E-state index is 14.2. The minimum Gasteiger partial charge on any atom is -0.390 e. The maximum absolute atomic E-state index is 14.2. The number of anilines is 1. The van der Waals surface area contributed by atoms with Gasteiger partial charge in [0.2, 0.25) is 5.95 Å². The molecule has 5 rings (SSSR count). The molecule has 1 saturated heterocycles. The van der Waals surface area contributed by atoms with E-state index in [4.69, 9.17) is 4.98 Å². The zero-order chi connectivity index (χ0) is 26.9. The van der Waals surface area contributed by atoms with Crippen LogP contribution in [-0.4, -0.2) is 74.8 Å². The number of fused-ring (bicyclic) bond motifs is 3. The van der Waals surface area contributed by atoms with Gasteiger partial charge in [-0.25, -0.2) is 4.98 Å². The van der Waals surface area contributed by atoms with E-state index in [-0.39, 0.29) is 11.6 Å². The van der Waals surface area contributed by atoms with Gasteiger partial charge in [-0.2, -0.15) is 4.98 Å². The van der Waals surface area contributed by atoms with Gasteiger partial charge in [0.05, 0.1) is 5.60 Å². The Balaban J connectivity index is 1.55. The molecule has 0 bridgehead atoms. The van der Waals surface area contributed by atoms with Crippen LogP contribution in [0.5, 0.6) is 0 Å². The second-order valence-electron chi connectivity index (χ2n) is 12.1. The predicted octanol–water partition coefficient (Wildman–Crippen LogP) is 4.41. The molecule has 1 atom stereocenters. The summed E-state index contributed by atoms with van der Waals surface area (Å²) >= 11 is 0. The lowest BCUT2D eigenvalue weighted by Gasteiger charge is -2.32. The number of aliphatic hydroxyl groups is 1. The molecule has 3 heterocycles. The lowest BCUT2D eigenvalue weighted by Crippen LogP contribution is -2.43. The number of aromatic nitrogens is 3. The Morgan fingerprint density at radius 2 is 1.89 bits per heavy atom. The maximum Gasteiger partial charge on any atom is 0.260 e. The summed E-state index contributed by atoms with van der Waals surface area (Å²) in [6, 6.07) is 6.25. The van der Waals surface area contributed by atoms with Crippen molar-refractivity contribution in [2.24, 2.45) is 5.92 Å². The number of likely N-dealkylation sites (N-methyl/N-ethyl adjacent to an activating group) is 1. The smallest absolute Gasteiger partial charge is 0.260 e. The third kappa shape index (κ3) is 6.35. The molecule has 1 aliphatic carbocycles. The van der Waals surface area contributed by atoms with E-state index in [9.17, 15) is 9.90 Å². The first-order chi connectivity index (χ1) is 18.2. The SMILES string of the molecule is CCC(CCC(C)(C)O)n1c(=O)c2cc(CN3CCN(C)CC3)ccc2c2cnc(NCCC3CC3)nc21. The molecule has 0 spiro atoms. The van der Waals surface area contributed by atoms with E-state index in [0.29, 0.717) is 24.4 Å². The Labute approximate surface area is 226 Å². The zero-order valence-corrected chi connectivity index (χ0v) is 23.5. The van der Waals surface area contributed by atoms with Crippen LogP contribution in [0, 0.1) is 5.92 Å². The first-order valence-electron chi connectivity index (χ1n) is 14.4. The molecular formula is C30H44N6O2. The molecule has 2 fully saturated rings. The molecule has 2 aliphatic rings. The normalized spacial score (nSPS) is 18.3. The van der Waals surface area contributed by atoms with E-state index >= 15 is 0 Å². The Hall–Kier alpha value is -2.55. The van der Waals surface area contributed by atoms with Crippen LogP contribution in [0.4, 0.5) is 5.95 Å². The van der Waals surface area contributed by atoms with Gasteiger partial charge < -0.3 is 15.3 Å². The van der Waals surface area contributed by atoms with E-state index < -0.39 is 5.60 Å². The highest BCUT2D eigenvalue weighted by atomic mass is 16.3. The summed E-state index contributed by atoms with van der Waals surface area (Å²) < 4.78 is 1.89. The summed E-state index contributed by atoms with van der Waals surface area (Å²) in [5.41, 5.74) is 1.05. The fraction of sp³-hybridized carbons (Fsp3) is 0.633. The van der Waals surface area contributed by atoms with Gasteiger partial charge in [-0.15, -0.1) is 0 Å². The molecule has 0 radical (unpaired) electrons. The Morgan fingerprint density at radius 3 is 2.58 bits per heavy atom. The van der Waals surface area contributed by atoms with Gasteiger partial charge in [0.1, 0.15) is 5.65 Å². The topological polar surface area (TPSA) is 86.5 Å². The van der Waals surface area contributed by atoms with Gasteiger partial charge >= 0.3 is 0 Å². The highest BCUT2D eigenvalue weighted by Crippen LogP contribution is 2.32. The van der Waals surface area contributed by atoms with E-state index in [1.807, 2.05) is 24.6 Å². The standard InChI is InChI=1S/C30H44N6O2/c1-5-23(10-12-30(2,3)38)36-27-26(19-32-29(33-27)31-13-11-21-6-7-21)24-9-8-22(18-25(24)28(36)37)20-35-16-14-34(4)15-17-35/h8-9,18-19,21,23,38H,5-7,10-17,20H2,1-4H3,(H,31,32,33). The van der Waals surface area contributed by atoms with Gasteiger partial charge in [0.25, 0.3) is 5.56 Å². The third-order valence-electron chi connectivity index (χ3n) is 8.28. The molecular weight excluding hydrogens is 476 g/mol. The molecule has 2 aromatic heterocycles. The van der Waals surface area contributed by atoms with Crippen molar-refractivity contribution in [1.82, 2.24) is 24.3 Å². The molecule has 206 valence electrons. The monoisotopic (exact) mass is 520 g/mol. The van der Waals surface area contributed by atoms with E-state index in [0.717, 1.165) is 79.8 Å². The molecule has 0 amide bonds. The van der Waals surface area contributed by atoms with Crippen molar-refractivity contribution in [3.05, 3.63) is 40.3 Å². The molecule has 3 aromatic rings. The van der Waals surface area contributed by atoms with Crippen LogP contribution < -0.4 is 10.9 Å². The first kappa shape index (κ1) is 27.0. The number of hydrogen-bond donors (Lipinski definition) is 2. The van der Waals surface area contributed by atoms with Crippen molar-refractivity contribution in [3.63, 3.8) is 0 Å². The van der Waals surface area contributed by atoms with Crippen molar-refractivity contribution < 1.29 is 5.11 Å². The number of nitrogens with zero attached hydrogens (tertiary/aromatic N) is 5. The quantitative estimate of drug-likeness (QED) is 0.362. The van der Waals surface area contributed by atoms with Gasteiger partial charge in [0, 0.05) is 62.3 Å². The minimum absolute atomic E-state index is 0.00189. The second kappa shape index (κ2) is 11.3. The minimum atomic E-state index is -0.788. The van der Waals surface area contributed by atoms with Crippen LogP contribution in [-0.2, 0) is 6.54 Å². The summed E-state index contributed by atoms with van der Waals surface area (Å²) in [6.07, 6.45) is 7.75. The molecule has 1 aliphatic heterocycles. The van der Waals surface area contributed by atoms with Crippen molar-refractivity contribution in [2.45, 2.75) is 77.5 Å². The molecule has 1 aromatic carbocycles. The van der Waals surface area contributed by atoms with Gasteiger partial charge in [0.15, 0.2) is 0 Å². The molecule has 38 heavy (non-hydrogen) atoms. The van der Waals surface area contributed by atoms with Gasteiger partial charge in [-0.1, -0.05) is 31.9 Å². The average Bonchev–Trinajstić information content (AvgIpc) is 3.71. The average molecular weight is 521 g/mol. The molecule has 8 nitrogen and oxygen atoms in total. The lowest BCUT2D eigenvalue weighted by molar-refractivity contribution is 0.0638. The number of pyridine rings is 1. The fourth-order valence-corrected chi connectivity index (χ4v) is 5.59. The highest BCUT2D eigenvalue weighted by Gasteiger charge is 2.24. The largest absolute Gasteiger partial charge is 0.390 e. The Morgan fingerprint density at radius 1 is 1.13 bits per heavy atom. The number of rotatable bonds is 11. The van der Waals surface area contributed by atoms with Crippen LogP contribution >= 0.6 is 0 Å². The van der Waals surface area contributed by atoms with Crippen LogP contribution in [0.25, 0.3) is 21.8 Å². The summed E-state index contributed by atoms with van der Waals surface area (Å²) in [6.45, 7) is 11.7.